The molecule has 36 heavy (non-hydrogen) atoms. The average Bonchev–Trinajstić information content (AvgIpc) is 3.39. The Morgan fingerprint density at radius 2 is 1.31 bits per heavy atom. The van der Waals surface area contributed by atoms with Gasteiger partial charge in [-0.05, 0) is 24.3 Å². The van der Waals surface area contributed by atoms with E-state index >= 15 is 0 Å². The molecule has 0 N–H and O–H groups in total. The summed E-state index contributed by atoms with van der Waals surface area (Å²) in [5, 5.41) is 8.69. The van der Waals surface area contributed by atoms with E-state index in [0.29, 0.717) is 31.3 Å². The van der Waals surface area contributed by atoms with Crippen molar-refractivity contribution in [3.8, 4) is 0 Å². The van der Waals surface area contributed by atoms with Crippen LogP contribution < -0.4 is 9.80 Å². The molecular formula is C24H29N9O2S. The van der Waals surface area contributed by atoms with Crippen LogP contribution in [0.2, 0.25) is 0 Å². The molecule has 2 fully saturated rings. The number of anilines is 2. The quantitative estimate of drug-likeness (QED) is 0.431. The number of thioether (sulfide) groups is 1. The third-order valence-corrected chi connectivity index (χ3v) is 7.39. The van der Waals surface area contributed by atoms with E-state index in [1.54, 1.807) is 23.3 Å². The SMILES string of the molecule is O=C(CSc1nncn1CC(=O)N1CCN(c2ccccn2)CC1)N1CCN(c2ccccn2)CC1. The predicted octanol–water partition coefficient (Wildman–Crippen LogP) is 0.858. The fourth-order valence-electron chi connectivity index (χ4n) is 4.38. The van der Waals surface area contributed by atoms with Crippen molar-refractivity contribution < 1.29 is 9.59 Å². The van der Waals surface area contributed by atoms with E-state index in [9.17, 15) is 9.59 Å². The number of pyridine rings is 2. The predicted molar refractivity (Wildman–Crippen MR) is 137 cm³/mol. The average molecular weight is 508 g/mol. The molecule has 3 aromatic heterocycles. The van der Waals surface area contributed by atoms with Gasteiger partial charge < -0.3 is 19.6 Å². The van der Waals surface area contributed by atoms with Gasteiger partial charge in [0, 0.05) is 64.8 Å². The van der Waals surface area contributed by atoms with E-state index in [-0.39, 0.29) is 24.1 Å². The Bertz CT molecular complexity index is 1140. The molecule has 3 aromatic rings. The van der Waals surface area contributed by atoms with Gasteiger partial charge in [-0.2, -0.15) is 0 Å². The van der Waals surface area contributed by atoms with E-state index in [1.807, 2.05) is 46.2 Å². The molecule has 2 aliphatic heterocycles. The second-order valence-electron chi connectivity index (χ2n) is 8.64. The summed E-state index contributed by atoms with van der Waals surface area (Å²) in [7, 11) is 0. The van der Waals surface area contributed by atoms with Crippen LogP contribution in [-0.4, -0.2) is 104 Å². The summed E-state index contributed by atoms with van der Waals surface area (Å²) in [6, 6.07) is 11.7. The normalized spacial score (nSPS) is 16.3. The highest BCUT2D eigenvalue weighted by Gasteiger charge is 2.24. The first-order chi connectivity index (χ1) is 17.7. The van der Waals surface area contributed by atoms with Gasteiger partial charge in [0.2, 0.25) is 11.8 Å². The van der Waals surface area contributed by atoms with Gasteiger partial charge in [-0.25, -0.2) is 9.97 Å². The number of rotatable bonds is 7. The lowest BCUT2D eigenvalue weighted by atomic mass is 10.3. The largest absolute Gasteiger partial charge is 0.353 e. The lowest BCUT2D eigenvalue weighted by Gasteiger charge is -2.35. The van der Waals surface area contributed by atoms with Crippen molar-refractivity contribution in [1.29, 1.82) is 0 Å². The third-order valence-electron chi connectivity index (χ3n) is 6.42. The van der Waals surface area contributed by atoms with E-state index in [4.69, 9.17) is 0 Å². The van der Waals surface area contributed by atoms with Gasteiger partial charge in [0.25, 0.3) is 0 Å². The van der Waals surface area contributed by atoms with Crippen molar-refractivity contribution in [3.63, 3.8) is 0 Å². The highest BCUT2D eigenvalue weighted by Crippen LogP contribution is 2.18. The molecule has 5 rings (SSSR count). The highest BCUT2D eigenvalue weighted by atomic mass is 32.2. The van der Waals surface area contributed by atoms with Crippen LogP contribution in [0.1, 0.15) is 0 Å². The minimum absolute atomic E-state index is 0.0225. The first-order valence-electron chi connectivity index (χ1n) is 12.1. The molecule has 2 amide bonds. The first kappa shape index (κ1) is 24.0. The number of piperazine rings is 2. The Morgan fingerprint density at radius 1 is 0.750 bits per heavy atom. The number of amides is 2. The van der Waals surface area contributed by atoms with Crippen molar-refractivity contribution in [1.82, 2.24) is 34.5 Å². The maximum Gasteiger partial charge on any atom is 0.242 e. The Morgan fingerprint density at radius 3 is 1.83 bits per heavy atom. The highest BCUT2D eigenvalue weighted by molar-refractivity contribution is 7.99. The molecule has 0 atom stereocenters. The third kappa shape index (κ3) is 5.76. The zero-order valence-corrected chi connectivity index (χ0v) is 20.8. The van der Waals surface area contributed by atoms with Gasteiger partial charge in [-0.15, -0.1) is 10.2 Å². The van der Waals surface area contributed by atoms with Gasteiger partial charge in [-0.1, -0.05) is 23.9 Å². The van der Waals surface area contributed by atoms with E-state index in [0.717, 1.165) is 37.8 Å². The maximum absolute atomic E-state index is 12.9. The molecule has 0 radical (unpaired) electrons. The van der Waals surface area contributed by atoms with Gasteiger partial charge >= 0.3 is 0 Å². The van der Waals surface area contributed by atoms with E-state index < -0.39 is 0 Å². The number of hydrogen-bond acceptors (Lipinski definition) is 9. The lowest BCUT2D eigenvalue weighted by Crippen LogP contribution is -2.50. The Kier molecular flexibility index (Phi) is 7.60. The topological polar surface area (TPSA) is 104 Å². The van der Waals surface area contributed by atoms with E-state index in [1.165, 1.54) is 11.8 Å². The molecule has 0 aliphatic carbocycles. The summed E-state index contributed by atoms with van der Waals surface area (Å²) in [5.74, 6) is 2.22. The van der Waals surface area contributed by atoms with Crippen LogP contribution in [0.3, 0.4) is 0 Å². The molecule has 0 spiro atoms. The number of carbonyl (C=O) groups is 2. The fraction of sp³-hybridized carbons (Fsp3) is 0.417. The molecule has 0 bridgehead atoms. The number of nitrogens with zero attached hydrogens (tertiary/aromatic N) is 9. The van der Waals surface area contributed by atoms with Crippen LogP contribution in [0.15, 0.2) is 60.3 Å². The van der Waals surface area contributed by atoms with E-state index in [2.05, 4.69) is 30.0 Å². The summed E-state index contributed by atoms with van der Waals surface area (Å²) in [6.45, 7) is 5.76. The van der Waals surface area contributed by atoms with Crippen LogP contribution in [-0.2, 0) is 16.1 Å². The van der Waals surface area contributed by atoms with Crippen LogP contribution in [0.25, 0.3) is 0 Å². The van der Waals surface area contributed by atoms with Gasteiger partial charge in [0.05, 0.1) is 5.75 Å². The molecule has 0 aromatic carbocycles. The molecular weight excluding hydrogens is 478 g/mol. The molecule has 188 valence electrons. The monoisotopic (exact) mass is 507 g/mol. The van der Waals surface area contributed by atoms with Crippen molar-refractivity contribution in [2.24, 2.45) is 0 Å². The van der Waals surface area contributed by atoms with Crippen molar-refractivity contribution in [2.45, 2.75) is 11.7 Å². The van der Waals surface area contributed by atoms with Gasteiger partial charge in [0.15, 0.2) is 5.16 Å². The molecule has 5 heterocycles. The summed E-state index contributed by atoms with van der Waals surface area (Å²) in [6.07, 6.45) is 5.12. The molecule has 2 aliphatic rings. The van der Waals surface area contributed by atoms with Crippen LogP contribution in [0.5, 0.6) is 0 Å². The van der Waals surface area contributed by atoms with Crippen molar-refractivity contribution >= 4 is 35.2 Å². The Labute approximate surface area is 214 Å². The summed E-state index contributed by atoms with van der Waals surface area (Å²) < 4.78 is 1.73. The van der Waals surface area contributed by atoms with Crippen molar-refractivity contribution in [2.75, 3.05) is 67.9 Å². The molecule has 11 nitrogen and oxygen atoms in total. The number of aromatic nitrogens is 5. The lowest BCUT2D eigenvalue weighted by molar-refractivity contribution is -0.132. The smallest absolute Gasteiger partial charge is 0.242 e. The molecule has 12 heteroatoms. The van der Waals surface area contributed by atoms with Gasteiger partial charge in [0.1, 0.15) is 24.5 Å². The molecule has 0 unspecified atom stereocenters. The molecule has 2 saturated heterocycles. The van der Waals surface area contributed by atoms with Crippen LogP contribution in [0, 0.1) is 0 Å². The van der Waals surface area contributed by atoms with Gasteiger partial charge in [-0.3, -0.25) is 14.2 Å². The standard InChI is InChI=1S/C24H29N9O2S/c34-22(31-13-9-29(10-14-31)20-5-1-3-7-25-20)17-33-19-27-28-24(33)36-18-23(35)32-15-11-30(12-16-32)21-6-2-4-8-26-21/h1-8,19H,9-18H2. The fourth-order valence-corrected chi connectivity index (χ4v) is 5.20. The zero-order valence-electron chi connectivity index (χ0n) is 20.0. The second kappa shape index (κ2) is 11.4. The minimum atomic E-state index is 0.0225. The zero-order chi connectivity index (χ0) is 24.7. The Hall–Kier alpha value is -3.67. The van der Waals surface area contributed by atoms with Crippen LogP contribution >= 0.6 is 11.8 Å². The Balaban J connectivity index is 1.07. The number of hydrogen-bond donors (Lipinski definition) is 0. The maximum atomic E-state index is 12.9. The molecule has 0 saturated carbocycles. The summed E-state index contributed by atoms with van der Waals surface area (Å²) >= 11 is 1.32. The van der Waals surface area contributed by atoms with Crippen molar-refractivity contribution in [3.05, 3.63) is 55.1 Å². The summed E-state index contributed by atoms with van der Waals surface area (Å²) in [4.78, 5) is 42.6. The number of carbonyl (C=O) groups excluding carboxylic acids is 2. The minimum Gasteiger partial charge on any atom is -0.353 e. The summed E-state index contributed by atoms with van der Waals surface area (Å²) in [5.41, 5.74) is 0. The first-order valence-corrected chi connectivity index (χ1v) is 13.0. The second-order valence-corrected chi connectivity index (χ2v) is 9.58. The van der Waals surface area contributed by atoms with Crippen LogP contribution in [0.4, 0.5) is 11.6 Å².